The summed E-state index contributed by atoms with van der Waals surface area (Å²) in [4.78, 5) is 35.0. The normalized spacial score (nSPS) is 11.5. The van der Waals surface area contributed by atoms with Crippen molar-refractivity contribution in [1.82, 2.24) is 15.5 Å². The first-order chi connectivity index (χ1) is 8.92. The summed E-state index contributed by atoms with van der Waals surface area (Å²) in [5, 5.41) is 13.9. The van der Waals surface area contributed by atoms with E-state index in [2.05, 4.69) is 10.6 Å². The Balaban J connectivity index is 4.23. The van der Waals surface area contributed by atoms with Crippen molar-refractivity contribution in [3.05, 3.63) is 0 Å². The molecule has 0 heterocycles. The van der Waals surface area contributed by atoms with E-state index in [0.717, 1.165) is 0 Å². The van der Waals surface area contributed by atoms with E-state index in [1.54, 1.807) is 0 Å². The number of rotatable bonds is 8. The van der Waals surface area contributed by atoms with Crippen LogP contribution in [0.3, 0.4) is 0 Å². The Bertz CT molecular complexity index is 325. The Labute approximate surface area is 117 Å². The van der Waals surface area contributed by atoms with Gasteiger partial charge < -0.3 is 20.6 Å². The second-order valence-corrected chi connectivity index (χ2v) is 4.95. The molecule has 0 unspecified atom stereocenters. The molecule has 110 valence electrons. The third kappa shape index (κ3) is 7.55. The van der Waals surface area contributed by atoms with Crippen molar-refractivity contribution in [1.29, 1.82) is 0 Å². The monoisotopic (exact) mass is 291 g/mol. The molecule has 0 spiro atoms. The molecule has 19 heavy (non-hydrogen) atoms. The molecule has 3 N–H and O–H groups in total. The Hall–Kier alpha value is -1.44. The van der Waals surface area contributed by atoms with Gasteiger partial charge >= 0.3 is 12.0 Å². The first kappa shape index (κ1) is 17.6. The minimum Gasteiger partial charge on any atom is -0.480 e. The van der Waals surface area contributed by atoms with Crippen LogP contribution in [-0.2, 0) is 9.59 Å². The Morgan fingerprint density at radius 1 is 1.37 bits per heavy atom. The van der Waals surface area contributed by atoms with E-state index in [0.29, 0.717) is 12.2 Å². The number of amides is 3. The molecule has 0 saturated carbocycles. The largest absolute Gasteiger partial charge is 0.480 e. The Kier molecular flexibility index (Phi) is 8.77. The molecule has 3 amide bonds. The molecule has 0 aliphatic carbocycles. The van der Waals surface area contributed by atoms with Gasteiger partial charge in [0.2, 0.25) is 5.91 Å². The fourth-order valence-corrected chi connectivity index (χ4v) is 1.72. The standard InChI is InChI=1S/C11H21N3O4S/c1-12-9(15)4-6-14(2)11(18)13-8(10(16)17)5-7-19-3/h8H,4-7H2,1-3H3,(H,12,15)(H,13,18)(H,16,17)/t8-/m0/s1. The summed E-state index contributed by atoms with van der Waals surface area (Å²) in [6.07, 6.45) is 2.42. The summed E-state index contributed by atoms with van der Waals surface area (Å²) >= 11 is 1.52. The second-order valence-electron chi connectivity index (χ2n) is 3.97. The zero-order valence-electron chi connectivity index (χ0n) is 11.4. The van der Waals surface area contributed by atoms with Crippen LogP contribution in [-0.4, -0.2) is 66.6 Å². The van der Waals surface area contributed by atoms with Crippen LogP contribution in [0.2, 0.25) is 0 Å². The third-order valence-electron chi connectivity index (χ3n) is 2.51. The van der Waals surface area contributed by atoms with Crippen LogP contribution in [0.25, 0.3) is 0 Å². The number of carbonyl (C=O) groups excluding carboxylic acids is 2. The van der Waals surface area contributed by atoms with Crippen LogP contribution in [0.5, 0.6) is 0 Å². The maximum Gasteiger partial charge on any atom is 0.326 e. The van der Waals surface area contributed by atoms with Crippen molar-refractivity contribution >= 4 is 29.7 Å². The average molecular weight is 291 g/mol. The lowest BCUT2D eigenvalue weighted by Crippen LogP contribution is -2.47. The zero-order chi connectivity index (χ0) is 14.8. The fourth-order valence-electron chi connectivity index (χ4n) is 1.25. The molecule has 1 atom stereocenters. The predicted molar refractivity (Wildman–Crippen MR) is 74.3 cm³/mol. The van der Waals surface area contributed by atoms with E-state index < -0.39 is 18.0 Å². The lowest BCUT2D eigenvalue weighted by atomic mass is 10.2. The molecule has 0 radical (unpaired) electrons. The van der Waals surface area contributed by atoms with E-state index in [-0.39, 0.29) is 18.9 Å². The molecule has 0 rings (SSSR count). The van der Waals surface area contributed by atoms with Gasteiger partial charge in [0.25, 0.3) is 0 Å². The number of carbonyl (C=O) groups is 3. The van der Waals surface area contributed by atoms with Gasteiger partial charge in [-0.3, -0.25) is 4.79 Å². The summed E-state index contributed by atoms with van der Waals surface area (Å²) in [6.45, 7) is 0.236. The van der Waals surface area contributed by atoms with Crippen LogP contribution in [0.15, 0.2) is 0 Å². The summed E-state index contributed by atoms with van der Waals surface area (Å²) < 4.78 is 0. The maximum absolute atomic E-state index is 11.7. The van der Waals surface area contributed by atoms with Gasteiger partial charge in [-0.25, -0.2) is 9.59 Å². The van der Waals surface area contributed by atoms with Crippen molar-refractivity contribution in [2.45, 2.75) is 18.9 Å². The molecule has 0 aromatic heterocycles. The van der Waals surface area contributed by atoms with E-state index >= 15 is 0 Å². The first-order valence-corrected chi connectivity index (χ1v) is 7.25. The molecule has 0 aromatic rings. The minimum atomic E-state index is -1.05. The van der Waals surface area contributed by atoms with Crippen LogP contribution in [0, 0.1) is 0 Å². The fraction of sp³-hybridized carbons (Fsp3) is 0.727. The van der Waals surface area contributed by atoms with E-state index in [1.807, 2.05) is 6.26 Å². The zero-order valence-corrected chi connectivity index (χ0v) is 12.2. The molecule has 0 saturated heterocycles. The molecule has 0 aliphatic heterocycles. The molecular formula is C11H21N3O4S. The summed E-state index contributed by atoms with van der Waals surface area (Å²) in [6, 6.07) is -1.39. The number of nitrogens with one attached hydrogen (secondary N) is 2. The van der Waals surface area contributed by atoms with Gasteiger partial charge in [0, 0.05) is 27.1 Å². The highest BCUT2D eigenvalue weighted by atomic mass is 32.2. The summed E-state index contributed by atoms with van der Waals surface area (Å²) in [5.41, 5.74) is 0. The van der Waals surface area contributed by atoms with Gasteiger partial charge in [-0.2, -0.15) is 11.8 Å². The number of hydrogen-bond donors (Lipinski definition) is 3. The van der Waals surface area contributed by atoms with Crippen LogP contribution >= 0.6 is 11.8 Å². The number of hydrogen-bond acceptors (Lipinski definition) is 4. The smallest absolute Gasteiger partial charge is 0.326 e. The lowest BCUT2D eigenvalue weighted by Gasteiger charge is -2.21. The van der Waals surface area contributed by atoms with Gasteiger partial charge in [-0.05, 0) is 18.4 Å². The van der Waals surface area contributed by atoms with Crippen molar-refractivity contribution < 1.29 is 19.5 Å². The Morgan fingerprint density at radius 3 is 2.47 bits per heavy atom. The number of thioether (sulfide) groups is 1. The molecule has 0 aromatic carbocycles. The summed E-state index contributed by atoms with van der Waals surface area (Å²) in [7, 11) is 3.04. The molecule has 7 nitrogen and oxygen atoms in total. The molecule has 8 heteroatoms. The van der Waals surface area contributed by atoms with Gasteiger partial charge in [-0.15, -0.1) is 0 Å². The number of nitrogens with zero attached hydrogens (tertiary/aromatic N) is 1. The topological polar surface area (TPSA) is 98.7 Å². The lowest BCUT2D eigenvalue weighted by molar-refractivity contribution is -0.139. The Morgan fingerprint density at radius 2 is 2.00 bits per heavy atom. The number of urea groups is 1. The number of aliphatic carboxylic acids is 1. The van der Waals surface area contributed by atoms with E-state index in [9.17, 15) is 14.4 Å². The highest BCUT2D eigenvalue weighted by Gasteiger charge is 2.21. The molecule has 0 bridgehead atoms. The maximum atomic E-state index is 11.7. The number of carboxylic acid groups (broad SMARTS) is 1. The first-order valence-electron chi connectivity index (χ1n) is 5.86. The van der Waals surface area contributed by atoms with Gasteiger partial charge in [0.05, 0.1) is 0 Å². The van der Waals surface area contributed by atoms with Crippen LogP contribution in [0.4, 0.5) is 4.79 Å². The molecule has 0 fully saturated rings. The highest BCUT2D eigenvalue weighted by molar-refractivity contribution is 7.98. The predicted octanol–water partition coefficient (Wildman–Crippen LogP) is -0.0298. The third-order valence-corrected chi connectivity index (χ3v) is 3.15. The highest BCUT2D eigenvalue weighted by Crippen LogP contribution is 2.02. The summed E-state index contributed by atoms with van der Waals surface area (Å²) in [5.74, 6) is -0.571. The van der Waals surface area contributed by atoms with Crippen LogP contribution < -0.4 is 10.6 Å². The average Bonchev–Trinajstić information content (AvgIpc) is 2.39. The second kappa shape index (κ2) is 9.48. The number of carboxylic acids is 1. The molecular weight excluding hydrogens is 270 g/mol. The van der Waals surface area contributed by atoms with E-state index in [4.69, 9.17) is 5.11 Å². The SMILES string of the molecule is CNC(=O)CCN(C)C(=O)N[C@@H](CCSC)C(=O)O. The van der Waals surface area contributed by atoms with E-state index in [1.165, 1.54) is 30.8 Å². The van der Waals surface area contributed by atoms with Gasteiger partial charge in [0.15, 0.2) is 0 Å². The minimum absolute atomic E-state index is 0.170. The van der Waals surface area contributed by atoms with Crippen LogP contribution in [0.1, 0.15) is 12.8 Å². The molecule has 0 aliphatic rings. The van der Waals surface area contributed by atoms with Crippen molar-refractivity contribution in [2.75, 3.05) is 32.6 Å². The van der Waals surface area contributed by atoms with Gasteiger partial charge in [0.1, 0.15) is 6.04 Å². The van der Waals surface area contributed by atoms with Gasteiger partial charge in [-0.1, -0.05) is 0 Å². The van der Waals surface area contributed by atoms with Crippen molar-refractivity contribution in [3.63, 3.8) is 0 Å². The quantitative estimate of drug-likeness (QED) is 0.583. The van der Waals surface area contributed by atoms with Crippen molar-refractivity contribution in [2.24, 2.45) is 0 Å². The van der Waals surface area contributed by atoms with Crippen molar-refractivity contribution in [3.8, 4) is 0 Å².